The van der Waals surface area contributed by atoms with Crippen molar-refractivity contribution in [1.82, 2.24) is 0 Å². The number of benzene rings is 2. The van der Waals surface area contributed by atoms with Gasteiger partial charge in [0, 0.05) is 10.6 Å². The van der Waals surface area contributed by atoms with Crippen molar-refractivity contribution in [3.63, 3.8) is 0 Å². The summed E-state index contributed by atoms with van der Waals surface area (Å²) in [5.74, 6) is -0.247. The fourth-order valence-electron chi connectivity index (χ4n) is 1.87. The standard InChI is InChI=1S/C16H16ClF/c1-16(2,3)12-6-4-11(5-7-12)14-10-13(17)8-9-15(14)18/h4-10H,1-3H3. The molecule has 0 N–H and O–H groups in total. The van der Waals surface area contributed by atoms with Crippen LogP contribution in [0.1, 0.15) is 26.3 Å². The molecule has 0 unspecified atom stereocenters. The molecule has 0 heterocycles. The maximum Gasteiger partial charge on any atom is 0.131 e. The Bertz CT molecular complexity index is 550. The minimum Gasteiger partial charge on any atom is -0.206 e. The van der Waals surface area contributed by atoms with Gasteiger partial charge in [-0.3, -0.25) is 0 Å². The Kier molecular flexibility index (Phi) is 3.45. The molecular formula is C16H16ClF. The molecule has 0 aliphatic heterocycles. The van der Waals surface area contributed by atoms with Crippen LogP contribution < -0.4 is 0 Å². The van der Waals surface area contributed by atoms with Gasteiger partial charge in [-0.1, -0.05) is 56.6 Å². The van der Waals surface area contributed by atoms with E-state index in [1.165, 1.54) is 11.6 Å². The van der Waals surface area contributed by atoms with E-state index in [4.69, 9.17) is 11.6 Å². The summed E-state index contributed by atoms with van der Waals surface area (Å²) in [6.45, 7) is 6.46. The fraction of sp³-hybridized carbons (Fsp3) is 0.250. The van der Waals surface area contributed by atoms with Crippen molar-refractivity contribution in [2.75, 3.05) is 0 Å². The van der Waals surface area contributed by atoms with Crippen molar-refractivity contribution in [3.8, 4) is 11.1 Å². The van der Waals surface area contributed by atoms with Crippen LogP contribution >= 0.6 is 11.6 Å². The zero-order chi connectivity index (χ0) is 13.3. The molecule has 0 fully saturated rings. The number of hydrogen-bond donors (Lipinski definition) is 0. The van der Waals surface area contributed by atoms with Gasteiger partial charge in [-0.25, -0.2) is 4.39 Å². The van der Waals surface area contributed by atoms with Crippen LogP contribution in [0.4, 0.5) is 4.39 Å². The van der Waals surface area contributed by atoms with Gasteiger partial charge in [0.1, 0.15) is 5.82 Å². The summed E-state index contributed by atoms with van der Waals surface area (Å²) in [6, 6.07) is 12.6. The van der Waals surface area contributed by atoms with E-state index >= 15 is 0 Å². The van der Waals surface area contributed by atoms with Crippen molar-refractivity contribution in [3.05, 3.63) is 58.9 Å². The van der Waals surface area contributed by atoms with E-state index in [1.807, 2.05) is 24.3 Å². The predicted molar refractivity (Wildman–Crippen MR) is 75.5 cm³/mol. The maximum atomic E-state index is 13.7. The average Bonchev–Trinajstić information content (AvgIpc) is 2.31. The number of hydrogen-bond acceptors (Lipinski definition) is 0. The third-order valence-corrected chi connectivity index (χ3v) is 3.23. The van der Waals surface area contributed by atoms with Crippen LogP contribution in [0.15, 0.2) is 42.5 Å². The Hall–Kier alpha value is -1.34. The molecule has 18 heavy (non-hydrogen) atoms. The molecule has 0 aliphatic rings. The van der Waals surface area contributed by atoms with E-state index in [1.54, 1.807) is 12.1 Å². The molecule has 94 valence electrons. The first-order valence-corrected chi connectivity index (χ1v) is 6.32. The molecule has 2 rings (SSSR count). The van der Waals surface area contributed by atoms with Crippen LogP contribution in [0, 0.1) is 5.82 Å². The van der Waals surface area contributed by atoms with Gasteiger partial charge in [0.05, 0.1) is 0 Å². The highest BCUT2D eigenvalue weighted by Crippen LogP contribution is 2.29. The molecule has 2 aromatic carbocycles. The molecule has 2 heteroatoms. The second-order valence-electron chi connectivity index (χ2n) is 5.45. The predicted octanol–water partition coefficient (Wildman–Crippen LogP) is 5.44. The van der Waals surface area contributed by atoms with Crippen LogP contribution in [0.25, 0.3) is 11.1 Å². The smallest absolute Gasteiger partial charge is 0.131 e. The second kappa shape index (κ2) is 4.74. The first-order chi connectivity index (χ1) is 8.38. The zero-order valence-electron chi connectivity index (χ0n) is 10.8. The minimum absolute atomic E-state index is 0.103. The van der Waals surface area contributed by atoms with Gasteiger partial charge in [0.25, 0.3) is 0 Å². The van der Waals surface area contributed by atoms with E-state index in [0.717, 1.165) is 5.56 Å². The third kappa shape index (κ3) is 2.73. The minimum atomic E-state index is -0.247. The Balaban J connectivity index is 2.43. The molecule has 0 atom stereocenters. The fourth-order valence-corrected chi connectivity index (χ4v) is 2.04. The Morgan fingerprint density at radius 1 is 0.944 bits per heavy atom. The summed E-state index contributed by atoms with van der Waals surface area (Å²) < 4.78 is 13.7. The van der Waals surface area contributed by atoms with Crippen LogP contribution in [-0.4, -0.2) is 0 Å². The lowest BCUT2D eigenvalue weighted by Gasteiger charge is -2.19. The van der Waals surface area contributed by atoms with Crippen LogP contribution in [0.3, 0.4) is 0 Å². The average molecular weight is 263 g/mol. The summed E-state index contributed by atoms with van der Waals surface area (Å²) in [5.41, 5.74) is 2.73. The maximum absolute atomic E-state index is 13.7. The van der Waals surface area contributed by atoms with E-state index < -0.39 is 0 Å². The van der Waals surface area contributed by atoms with Gasteiger partial charge in [0.15, 0.2) is 0 Å². The van der Waals surface area contributed by atoms with Crippen molar-refractivity contribution in [1.29, 1.82) is 0 Å². The highest BCUT2D eigenvalue weighted by molar-refractivity contribution is 6.30. The van der Waals surface area contributed by atoms with Gasteiger partial charge in [0.2, 0.25) is 0 Å². The van der Waals surface area contributed by atoms with Gasteiger partial charge in [-0.2, -0.15) is 0 Å². The van der Waals surface area contributed by atoms with Crippen molar-refractivity contribution >= 4 is 11.6 Å². The van der Waals surface area contributed by atoms with E-state index in [9.17, 15) is 4.39 Å². The van der Waals surface area contributed by atoms with Gasteiger partial charge in [-0.15, -0.1) is 0 Å². The summed E-state index contributed by atoms with van der Waals surface area (Å²) in [4.78, 5) is 0. The largest absolute Gasteiger partial charge is 0.206 e. The first kappa shape index (κ1) is 13.1. The molecule has 0 amide bonds. The summed E-state index contributed by atoms with van der Waals surface area (Å²) in [5, 5.41) is 0.547. The SMILES string of the molecule is CC(C)(C)c1ccc(-c2cc(Cl)ccc2F)cc1. The zero-order valence-corrected chi connectivity index (χ0v) is 11.6. The summed E-state index contributed by atoms with van der Waals surface area (Å²) >= 11 is 5.90. The third-order valence-electron chi connectivity index (χ3n) is 2.99. The number of halogens is 2. The van der Waals surface area contributed by atoms with Crippen LogP contribution in [-0.2, 0) is 5.41 Å². The van der Waals surface area contributed by atoms with Crippen LogP contribution in [0.2, 0.25) is 5.02 Å². The monoisotopic (exact) mass is 262 g/mol. The quantitative estimate of drug-likeness (QED) is 0.642. The molecule has 0 nitrogen and oxygen atoms in total. The Morgan fingerprint density at radius 2 is 1.56 bits per heavy atom. The highest BCUT2D eigenvalue weighted by atomic mass is 35.5. The van der Waals surface area contributed by atoms with Crippen molar-refractivity contribution in [2.45, 2.75) is 26.2 Å². The molecule has 0 spiro atoms. The normalized spacial score (nSPS) is 11.6. The van der Waals surface area contributed by atoms with Gasteiger partial charge < -0.3 is 0 Å². The first-order valence-electron chi connectivity index (χ1n) is 5.94. The Labute approximate surface area is 112 Å². The van der Waals surface area contributed by atoms with E-state index in [2.05, 4.69) is 20.8 Å². The van der Waals surface area contributed by atoms with Gasteiger partial charge >= 0.3 is 0 Å². The van der Waals surface area contributed by atoms with Gasteiger partial charge in [-0.05, 0) is 34.7 Å². The molecular weight excluding hydrogens is 247 g/mol. The lowest BCUT2D eigenvalue weighted by molar-refractivity contribution is 0.590. The Morgan fingerprint density at radius 3 is 2.11 bits per heavy atom. The van der Waals surface area contributed by atoms with E-state index in [-0.39, 0.29) is 11.2 Å². The second-order valence-corrected chi connectivity index (χ2v) is 5.89. The van der Waals surface area contributed by atoms with Crippen molar-refractivity contribution < 1.29 is 4.39 Å². The van der Waals surface area contributed by atoms with Crippen LogP contribution in [0.5, 0.6) is 0 Å². The molecule has 0 aromatic heterocycles. The molecule has 0 bridgehead atoms. The molecule has 0 saturated carbocycles. The lowest BCUT2D eigenvalue weighted by atomic mass is 9.86. The summed E-state index contributed by atoms with van der Waals surface area (Å²) in [6.07, 6.45) is 0. The molecule has 2 aromatic rings. The van der Waals surface area contributed by atoms with Crippen molar-refractivity contribution in [2.24, 2.45) is 0 Å². The topological polar surface area (TPSA) is 0 Å². The van der Waals surface area contributed by atoms with E-state index in [0.29, 0.717) is 10.6 Å². The molecule has 0 aliphatic carbocycles. The molecule has 0 radical (unpaired) electrons. The summed E-state index contributed by atoms with van der Waals surface area (Å²) in [7, 11) is 0. The lowest BCUT2D eigenvalue weighted by Crippen LogP contribution is -2.10. The molecule has 0 saturated heterocycles. The number of rotatable bonds is 1. The highest BCUT2D eigenvalue weighted by Gasteiger charge is 2.13.